The highest BCUT2D eigenvalue weighted by Crippen LogP contribution is 2.28. The lowest BCUT2D eigenvalue weighted by Gasteiger charge is -2.09. The van der Waals surface area contributed by atoms with Crippen LogP contribution in [0.3, 0.4) is 0 Å². The summed E-state index contributed by atoms with van der Waals surface area (Å²) in [6.45, 7) is 0. The minimum Gasteiger partial charge on any atom is -0.465 e. The smallest absolute Gasteiger partial charge is 0.340 e. The zero-order valence-corrected chi connectivity index (χ0v) is 14.9. The van der Waals surface area contributed by atoms with E-state index in [0.717, 1.165) is 0 Å². The molecule has 0 amide bonds. The Balaban J connectivity index is 2.32. The number of benzene rings is 1. The summed E-state index contributed by atoms with van der Waals surface area (Å²) in [4.78, 5) is 16.0. The van der Waals surface area contributed by atoms with E-state index in [1.165, 1.54) is 35.6 Å². The van der Waals surface area contributed by atoms with Gasteiger partial charge < -0.3 is 4.74 Å². The van der Waals surface area contributed by atoms with E-state index in [1.54, 1.807) is 24.3 Å². The fourth-order valence-electron chi connectivity index (χ4n) is 2.28. The number of ether oxygens (including phenoxy) is 1. The highest BCUT2D eigenvalue weighted by Gasteiger charge is 2.24. The first-order valence-corrected chi connectivity index (χ1v) is 9.02. The van der Waals surface area contributed by atoms with Crippen molar-refractivity contribution in [2.24, 2.45) is 0 Å². The molecule has 6 nitrogen and oxygen atoms in total. The molecule has 0 atom stereocenters. The van der Waals surface area contributed by atoms with Crippen molar-refractivity contribution >= 4 is 49.5 Å². The number of fused-ring (bicyclic) bond motifs is 1. The molecule has 0 bridgehead atoms. The summed E-state index contributed by atoms with van der Waals surface area (Å²) in [5.74, 6) is -0.561. The van der Waals surface area contributed by atoms with Crippen LogP contribution in [0.1, 0.15) is 10.4 Å². The molecule has 2 aromatic heterocycles. The Hall–Kier alpha value is -1.94. The number of hydrogen-bond acceptors (Lipinski definition) is 5. The molecule has 0 saturated heterocycles. The lowest BCUT2D eigenvalue weighted by atomic mass is 10.2. The quantitative estimate of drug-likeness (QED) is 0.461. The Morgan fingerprint density at radius 1 is 1.22 bits per heavy atom. The highest BCUT2D eigenvalue weighted by atomic mass is 127. The molecule has 0 radical (unpaired) electrons. The number of halogens is 1. The Labute approximate surface area is 146 Å². The van der Waals surface area contributed by atoms with Gasteiger partial charge in [-0.05, 0) is 40.8 Å². The number of esters is 1. The van der Waals surface area contributed by atoms with Crippen LogP contribution in [-0.2, 0) is 14.8 Å². The van der Waals surface area contributed by atoms with Crippen molar-refractivity contribution in [3.63, 3.8) is 0 Å². The lowest BCUT2D eigenvalue weighted by molar-refractivity contribution is 0.0602. The summed E-state index contributed by atoms with van der Waals surface area (Å²) in [6.07, 6.45) is 2.79. The number of carbonyl (C=O) groups is 1. The molecule has 3 aromatic rings. The maximum absolute atomic E-state index is 12.9. The summed E-state index contributed by atoms with van der Waals surface area (Å²) >= 11 is 1.92. The third kappa shape index (κ3) is 2.61. The van der Waals surface area contributed by atoms with E-state index < -0.39 is 16.0 Å². The summed E-state index contributed by atoms with van der Waals surface area (Å²) in [6, 6.07) is 9.73. The zero-order valence-electron chi connectivity index (χ0n) is 11.9. The van der Waals surface area contributed by atoms with Crippen LogP contribution in [0.25, 0.3) is 10.9 Å². The van der Waals surface area contributed by atoms with Crippen LogP contribution in [0.5, 0.6) is 0 Å². The van der Waals surface area contributed by atoms with Gasteiger partial charge in [-0.3, -0.25) is 4.98 Å². The van der Waals surface area contributed by atoms with E-state index in [2.05, 4.69) is 4.98 Å². The van der Waals surface area contributed by atoms with Crippen molar-refractivity contribution < 1.29 is 17.9 Å². The number of carbonyl (C=O) groups excluding carboxylic acids is 1. The Kier molecular flexibility index (Phi) is 4.11. The van der Waals surface area contributed by atoms with Crippen LogP contribution >= 0.6 is 22.6 Å². The SMILES string of the molecule is COC(=O)c1cncc2c1cc(I)n2S(=O)(=O)c1ccccc1. The molecule has 0 saturated carbocycles. The maximum atomic E-state index is 12.9. The lowest BCUT2D eigenvalue weighted by Crippen LogP contribution is -2.14. The monoisotopic (exact) mass is 442 g/mol. The Bertz CT molecular complexity index is 997. The van der Waals surface area contributed by atoms with Gasteiger partial charge in [0.1, 0.15) is 0 Å². The molecule has 0 aliphatic rings. The van der Waals surface area contributed by atoms with E-state index in [1.807, 2.05) is 22.6 Å². The van der Waals surface area contributed by atoms with Crippen LogP contribution in [0.15, 0.2) is 53.7 Å². The molecular formula is C15H11IN2O4S. The van der Waals surface area contributed by atoms with Gasteiger partial charge in [-0.2, -0.15) is 0 Å². The molecule has 3 rings (SSSR count). The average Bonchev–Trinajstić information content (AvgIpc) is 2.91. The topological polar surface area (TPSA) is 78.3 Å². The molecule has 0 N–H and O–H groups in total. The number of methoxy groups -OCH3 is 1. The fraction of sp³-hybridized carbons (Fsp3) is 0.0667. The predicted molar refractivity (Wildman–Crippen MR) is 92.8 cm³/mol. The van der Waals surface area contributed by atoms with Gasteiger partial charge in [0.2, 0.25) is 0 Å². The van der Waals surface area contributed by atoms with Crippen LogP contribution < -0.4 is 0 Å². The highest BCUT2D eigenvalue weighted by molar-refractivity contribution is 14.1. The number of nitrogens with zero attached hydrogens (tertiary/aromatic N) is 2. The van der Waals surface area contributed by atoms with Gasteiger partial charge >= 0.3 is 5.97 Å². The first-order valence-electron chi connectivity index (χ1n) is 6.50. The first-order chi connectivity index (χ1) is 11.0. The van der Waals surface area contributed by atoms with Crippen molar-refractivity contribution in [1.82, 2.24) is 8.96 Å². The molecule has 0 fully saturated rings. The number of hydrogen-bond donors (Lipinski definition) is 0. The minimum atomic E-state index is -3.79. The molecular weight excluding hydrogens is 431 g/mol. The van der Waals surface area contributed by atoms with Crippen molar-refractivity contribution in [2.75, 3.05) is 7.11 Å². The molecule has 8 heteroatoms. The Morgan fingerprint density at radius 3 is 2.57 bits per heavy atom. The molecule has 0 spiro atoms. The third-order valence-electron chi connectivity index (χ3n) is 3.33. The molecule has 23 heavy (non-hydrogen) atoms. The summed E-state index contributed by atoms with van der Waals surface area (Å²) < 4.78 is 32.1. The van der Waals surface area contributed by atoms with Crippen molar-refractivity contribution in [3.8, 4) is 0 Å². The van der Waals surface area contributed by atoms with E-state index in [-0.39, 0.29) is 10.5 Å². The van der Waals surface area contributed by atoms with Crippen molar-refractivity contribution in [1.29, 1.82) is 0 Å². The van der Waals surface area contributed by atoms with Gasteiger partial charge in [-0.25, -0.2) is 17.2 Å². The maximum Gasteiger partial charge on any atom is 0.340 e. The molecule has 0 aliphatic heterocycles. The summed E-state index contributed by atoms with van der Waals surface area (Å²) in [5, 5.41) is 0.482. The summed E-state index contributed by atoms with van der Waals surface area (Å²) in [5.41, 5.74) is 0.561. The molecule has 0 aliphatic carbocycles. The third-order valence-corrected chi connectivity index (χ3v) is 6.19. The second-order valence-electron chi connectivity index (χ2n) is 4.66. The van der Waals surface area contributed by atoms with E-state index >= 15 is 0 Å². The molecule has 118 valence electrons. The van der Waals surface area contributed by atoms with Crippen LogP contribution in [-0.4, -0.2) is 30.5 Å². The number of aromatic nitrogens is 2. The predicted octanol–water partition coefficient (Wildman–Crippen LogP) is 2.66. The zero-order chi connectivity index (χ0) is 16.6. The van der Waals surface area contributed by atoms with Gasteiger partial charge in [0.25, 0.3) is 10.0 Å². The van der Waals surface area contributed by atoms with Crippen molar-refractivity contribution in [2.45, 2.75) is 4.90 Å². The standard InChI is InChI=1S/C15H11IN2O4S/c1-22-15(19)12-8-17-9-13-11(12)7-14(16)18(13)23(20,21)10-5-3-2-4-6-10/h2-9H,1H3. The van der Waals surface area contributed by atoms with Gasteiger partial charge in [0, 0.05) is 11.6 Å². The first kappa shape index (κ1) is 15.9. The number of rotatable bonds is 3. The largest absolute Gasteiger partial charge is 0.465 e. The van der Waals surface area contributed by atoms with E-state index in [9.17, 15) is 13.2 Å². The summed E-state index contributed by atoms with van der Waals surface area (Å²) in [7, 11) is -2.52. The second-order valence-corrected chi connectivity index (χ2v) is 7.55. The normalized spacial score (nSPS) is 11.6. The van der Waals surface area contributed by atoms with Crippen LogP contribution in [0, 0.1) is 3.70 Å². The van der Waals surface area contributed by atoms with Crippen LogP contribution in [0.2, 0.25) is 0 Å². The van der Waals surface area contributed by atoms with Crippen molar-refractivity contribution in [3.05, 3.63) is 58.1 Å². The van der Waals surface area contributed by atoms with Gasteiger partial charge in [-0.1, -0.05) is 18.2 Å². The molecule has 1 aromatic carbocycles. The van der Waals surface area contributed by atoms with Gasteiger partial charge in [-0.15, -0.1) is 0 Å². The van der Waals surface area contributed by atoms with Gasteiger partial charge in [0.05, 0.1) is 33.0 Å². The Morgan fingerprint density at radius 2 is 1.91 bits per heavy atom. The fourth-order valence-corrected chi connectivity index (χ4v) is 5.03. The van der Waals surface area contributed by atoms with Crippen LogP contribution in [0.4, 0.5) is 0 Å². The van der Waals surface area contributed by atoms with Gasteiger partial charge in [0.15, 0.2) is 0 Å². The average molecular weight is 442 g/mol. The molecule has 2 heterocycles. The minimum absolute atomic E-state index is 0.166. The second kappa shape index (κ2) is 5.93. The molecule has 0 unspecified atom stereocenters. The number of pyridine rings is 1. The van der Waals surface area contributed by atoms with E-state index in [4.69, 9.17) is 4.74 Å². The van der Waals surface area contributed by atoms with E-state index in [0.29, 0.717) is 14.6 Å².